The summed E-state index contributed by atoms with van der Waals surface area (Å²) in [6, 6.07) is 10.7. The summed E-state index contributed by atoms with van der Waals surface area (Å²) in [5.41, 5.74) is 1.18. The van der Waals surface area contributed by atoms with E-state index in [1.807, 2.05) is 0 Å². The molecule has 1 atom stereocenters. The van der Waals surface area contributed by atoms with E-state index in [0.717, 1.165) is 11.8 Å². The highest BCUT2D eigenvalue weighted by Crippen LogP contribution is 2.21. The molecule has 0 unspecified atom stereocenters. The van der Waals surface area contributed by atoms with Crippen molar-refractivity contribution in [2.75, 3.05) is 11.6 Å². The van der Waals surface area contributed by atoms with Crippen molar-refractivity contribution in [1.29, 1.82) is 0 Å². The van der Waals surface area contributed by atoms with Crippen LogP contribution in [0.1, 0.15) is 22.8 Å². The Morgan fingerprint density at radius 2 is 1.81 bits per heavy atom. The molecular weight excluding hydrogens is 378 g/mol. The molecule has 138 valence electrons. The lowest BCUT2D eigenvalue weighted by Gasteiger charge is -2.15. The number of sulfone groups is 1. The van der Waals surface area contributed by atoms with Crippen LogP contribution in [0.3, 0.4) is 0 Å². The van der Waals surface area contributed by atoms with Gasteiger partial charge in [-0.15, -0.1) is 0 Å². The Bertz CT molecular complexity index is 956. The van der Waals surface area contributed by atoms with Gasteiger partial charge in [0.25, 0.3) is 5.91 Å². The summed E-state index contributed by atoms with van der Waals surface area (Å²) < 4.78 is 28.7. The van der Waals surface area contributed by atoms with E-state index >= 15 is 0 Å². The van der Waals surface area contributed by atoms with Crippen LogP contribution in [-0.4, -0.2) is 32.7 Å². The first-order valence-electron chi connectivity index (χ1n) is 7.66. The number of carbonyl (C=O) groups excluding carboxylic acids is 2. The fraction of sp³-hybridized carbons (Fsp3) is 0.222. The third-order valence-electron chi connectivity index (χ3n) is 3.62. The van der Waals surface area contributed by atoms with Crippen LogP contribution in [0, 0.1) is 6.92 Å². The fourth-order valence-corrected chi connectivity index (χ4v) is 3.25. The smallest absolute Gasteiger partial charge is 0.340 e. The number of rotatable bonds is 5. The van der Waals surface area contributed by atoms with Crippen LogP contribution in [0.2, 0.25) is 5.02 Å². The minimum Gasteiger partial charge on any atom is -0.449 e. The number of esters is 1. The van der Waals surface area contributed by atoms with Crippen molar-refractivity contribution in [1.82, 2.24) is 0 Å². The number of ether oxygens (including phenoxy) is 1. The summed E-state index contributed by atoms with van der Waals surface area (Å²) in [5, 5.41) is 3.09. The van der Waals surface area contributed by atoms with Gasteiger partial charge in [-0.05, 0) is 43.7 Å². The molecule has 0 aromatic heterocycles. The lowest BCUT2D eigenvalue weighted by atomic mass is 10.2. The maximum atomic E-state index is 12.3. The van der Waals surface area contributed by atoms with Gasteiger partial charge in [-0.25, -0.2) is 13.2 Å². The standard InChI is InChI=1S/C18H18ClNO5S/c1-11-8-9-13(19)10-15(11)20-17(21)12(2)25-18(22)14-6-4-5-7-16(14)26(3,23)24/h4-10,12H,1-3H3,(H,20,21)/t12-/m0/s1. The predicted molar refractivity (Wildman–Crippen MR) is 99.2 cm³/mol. The van der Waals surface area contributed by atoms with Crippen molar-refractivity contribution >= 4 is 39.0 Å². The van der Waals surface area contributed by atoms with Crippen LogP contribution in [0.15, 0.2) is 47.4 Å². The molecule has 2 rings (SSSR count). The van der Waals surface area contributed by atoms with E-state index in [1.54, 1.807) is 25.1 Å². The number of hydrogen-bond acceptors (Lipinski definition) is 5. The van der Waals surface area contributed by atoms with E-state index in [0.29, 0.717) is 10.7 Å². The summed E-state index contributed by atoms with van der Waals surface area (Å²) in [7, 11) is -3.61. The monoisotopic (exact) mass is 395 g/mol. The minimum absolute atomic E-state index is 0.117. The summed E-state index contributed by atoms with van der Waals surface area (Å²) in [5.74, 6) is -1.45. The molecule has 0 saturated carbocycles. The average Bonchev–Trinajstić information content (AvgIpc) is 2.57. The molecule has 2 aromatic rings. The van der Waals surface area contributed by atoms with Crippen molar-refractivity contribution in [3.05, 3.63) is 58.6 Å². The van der Waals surface area contributed by atoms with Gasteiger partial charge >= 0.3 is 5.97 Å². The largest absolute Gasteiger partial charge is 0.449 e. The SMILES string of the molecule is Cc1ccc(Cl)cc1NC(=O)[C@H](C)OC(=O)c1ccccc1S(C)(=O)=O. The zero-order valence-electron chi connectivity index (χ0n) is 14.4. The van der Waals surface area contributed by atoms with Crippen LogP contribution in [0.4, 0.5) is 5.69 Å². The van der Waals surface area contributed by atoms with Gasteiger partial charge in [-0.1, -0.05) is 29.8 Å². The second kappa shape index (κ2) is 7.88. The molecule has 0 radical (unpaired) electrons. The van der Waals surface area contributed by atoms with Crippen LogP contribution in [0.25, 0.3) is 0 Å². The Morgan fingerprint density at radius 1 is 1.15 bits per heavy atom. The molecule has 0 spiro atoms. The molecule has 0 bridgehead atoms. The second-order valence-electron chi connectivity index (χ2n) is 5.76. The first kappa shape index (κ1) is 19.9. The highest BCUT2D eigenvalue weighted by Gasteiger charge is 2.24. The number of benzene rings is 2. The summed E-state index contributed by atoms with van der Waals surface area (Å²) in [6.45, 7) is 3.20. The molecule has 0 fully saturated rings. The van der Waals surface area contributed by atoms with E-state index in [-0.39, 0.29) is 10.5 Å². The molecule has 26 heavy (non-hydrogen) atoms. The van der Waals surface area contributed by atoms with E-state index in [9.17, 15) is 18.0 Å². The number of nitrogens with one attached hydrogen (secondary N) is 1. The van der Waals surface area contributed by atoms with Gasteiger partial charge in [0.2, 0.25) is 0 Å². The third kappa shape index (κ3) is 4.83. The summed E-state index contributed by atoms with van der Waals surface area (Å²) >= 11 is 5.91. The van der Waals surface area contributed by atoms with Gasteiger partial charge in [0.15, 0.2) is 15.9 Å². The highest BCUT2D eigenvalue weighted by atomic mass is 35.5. The molecular formula is C18H18ClNO5S. The van der Waals surface area contributed by atoms with E-state index in [4.69, 9.17) is 16.3 Å². The molecule has 1 amide bonds. The lowest BCUT2D eigenvalue weighted by Crippen LogP contribution is -2.30. The molecule has 2 aromatic carbocycles. The molecule has 0 aliphatic carbocycles. The first-order valence-corrected chi connectivity index (χ1v) is 9.93. The van der Waals surface area contributed by atoms with Crippen molar-refractivity contribution in [2.45, 2.75) is 24.8 Å². The Kier molecular flexibility index (Phi) is 6.05. The zero-order chi connectivity index (χ0) is 19.5. The van der Waals surface area contributed by atoms with Crippen LogP contribution >= 0.6 is 11.6 Å². The van der Waals surface area contributed by atoms with E-state index in [2.05, 4.69) is 5.32 Å². The number of anilines is 1. The van der Waals surface area contributed by atoms with Crippen LogP contribution in [0.5, 0.6) is 0 Å². The molecule has 0 heterocycles. The Balaban J connectivity index is 2.15. The molecule has 0 aliphatic rings. The topological polar surface area (TPSA) is 89.5 Å². The van der Waals surface area contributed by atoms with Gasteiger partial charge in [0.05, 0.1) is 10.5 Å². The van der Waals surface area contributed by atoms with Crippen molar-refractivity contribution in [2.24, 2.45) is 0 Å². The minimum atomic E-state index is -3.61. The van der Waals surface area contributed by atoms with Crippen molar-refractivity contribution in [3.63, 3.8) is 0 Å². The molecule has 8 heteroatoms. The van der Waals surface area contributed by atoms with Gasteiger partial charge in [-0.3, -0.25) is 4.79 Å². The fourth-order valence-electron chi connectivity index (χ4n) is 2.20. The predicted octanol–water partition coefficient (Wildman–Crippen LogP) is 3.24. The van der Waals surface area contributed by atoms with Gasteiger partial charge in [-0.2, -0.15) is 0 Å². The number of halogens is 1. The third-order valence-corrected chi connectivity index (χ3v) is 5.01. The van der Waals surface area contributed by atoms with E-state index < -0.39 is 27.8 Å². The summed E-state index contributed by atoms with van der Waals surface area (Å²) in [6.07, 6.45) is -0.134. The summed E-state index contributed by atoms with van der Waals surface area (Å²) in [4.78, 5) is 24.4. The normalized spacial score (nSPS) is 12.3. The maximum Gasteiger partial charge on any atom is 0.340 e. The zero-order valence-corrected chi connectivity index (χ0v) is 16.0. The Labute approximate surface area is 157 Å². The average molecular weight is 396 g/mol. The quantitative estimate of drug-likeness (QED) is 0.785. The number of carbonyl (C=O) groups is 2. The first-order chi connectivity index (χ1) is 12.1. The molecule has 6 nitrogen and oxygen atoms in total. The van der Waals surface area contributed by atoms with E-state index in [1.165, 1.54) is 31.2 Å². The maximum absolute atomic E-state index is 12.3. The second-order valence-corrected chi connectivity index (χ2v) is 8.18. The Morgan fingerprint density at radius 3 is 2.46 bits per heavy atom. The number of aryl methyl sites for hydroxylation is 1. The lowest BCUT2D eigenvalue weighted by molar-refractivity contribution is -0.123. The highest BCUT2D eigenvalue weighted by molar-refractivity contribution is 7.90. The van der Waals surface area contributed by atoms with Crippen molar-refractivity contribution in [3.8, 4) is 0 Å². The Hall–Kier alpha value is -2.38. The molecule has 0 saturated heterocycles. The van der Waals surface area contributed by atoms with Gasteiger partial charge in [0, 0.05) is 17.0 Å². The molecule has 0 aliphatic heterocycles. The molecule has 1 N–H and O–H groups in total. The van der Waals surface area contributed by atoms with Crippen LogP contribution < -0.4 is 5.32 Å². The van der Waals surface area contributed by atoms with Gasteiger partial charge < -0.3 is 10.1 Å². The number of hydrogen-bond donors (Lipinski definition) is 1. The van der Waals surface area contributed by atoms with Crippen LogP contribution in [-0.2, 0) is 19.4 Å². The number of amides is 1. The van der Waals surface area contributed by atoms with Gasteiger partial charge in [0.1, 0.15) is 0 Å². The van der Waals surface area contributed by atoms with Crippen molar-refractivity contribution < 1.29 is 22.7 Å².